The molecule has 0 radical (unpaired) electrons. The number of Topliss-reactive ketones (excluding diaryl/α,β-unsaturated/α-hetero) is 1. The lowest BCUT2D eigenvalue weighted by atomic mass is 10.1. The number of aryl methyl sites for hydroxylation is 2. The van der Waals surface area contributed by atoms with Gasteiger partial charge in [0.05, 0.1) is 4.91 Å². The first-order valence-corrected chi connectivity index (χ1v) is 10.6. The maximum atomic E-state index is 13.2. The van der Waals surface area contributed by atoms with Gasteiger partial charge in [0.25, 0.3) is 0 Å². The molecule has 0 atom stereocenters. The van der Waals surface area contributed by atoms with E-state index in [1.54, 1.807) is 24.3 Å². The van der Waals surface area contributed by atoms with Gasteiger partial charge < -0.3 is 0 Å². The summed E-state index contributed by atoms with van der Waals surface area (Å²) in [5, 5.41) is 1.32. The molecule has 0 saturated carbocycles. The summed E-state index contributed by atoms with van der Waals surface area (Å²) in [6, 6.07) is 21.0. The second-order valence-corrected chi connectivity index (χ2v) is 8.57. The molecule has 0 fully saturated rings. The lowest BCUT2D eigenvalue weighted by Gasteiger charge is -2.09. The number of allylic oxidation sites excluding steroid dienone is 1. The molecule has 0 amide bonds. The van der Waals surface area contributed by atoms with Crippen LogP contribution in [0.5, 0.6) is 0 Å². The van der Waals surface area contributed by atoms with Gasteiger partial charge in [-0.2, -0.15) is 0 Å². The number of carbonyl (C=O) groups excluding carboxylic acids is 1. The summed E-state index contributed by atoms with van der Waals surface area (Å²) < 4.78 is 0. The predicted molar refractivity (Wildman–Crippen MR) is 122 cm³/mol. The molecule has 142 valence electrons. The highest BCUT2D eigenvalue weighted by Crippen LogP contribution is 2.28. The molecule has 0 aliphatic rings. The van der Waals surface area contributed by atoms with E-state index in [0.717, 1.165) is 11.1 Å². The zero-order valence-corrected chi connectivity index (χ0v) is 18.0. The summed E-state index contributed by atoms with van der Waals surface area (Å²) in [5.74, 6) is 0.683. The molecule has 0 bridgehead atoms. The first kappa shape index (κ1) is 20.7. The van der Waals surface area contributed by atoms with Gasteiger partial charge in [0.15, 0.2) is 5.78 Å². The van der Waals surface area contributed by atoms with Crippen molar-refractivity contribution >= 4 is 46.8 Å². The molecular formula is C24H20Cl2OS. The zero-order chi connectivity index (χ0) is 20.1. The fourth-order valence-electron chi connectivity index (χ4n) is 2.90. The van der Waals surface area contributed by atoms with E-state index in [1.165, 1.54) is 22.9 Å². The Bertz CT molecular complexity index is 986. The van der Waals surface area contributed by atoms with Crippen molar-refractivity contribution in [2.24, 2.45) is 0 Å². The van der Waals surface area contributed by atoms with Crippen LogP contribution in [0.25, 0.3) is 6.08 Å². The summed E-state index contributed by atoms with van der Waals surface area (Å²) in [6.45, 7) is 4.12. The van der Waals surface area contributed by atoms with Crippen molar-refractivity contribution in [3.05, 3.63) is 109 Å². The molecule has 3 aromatic carbocycles. The Balaban J connectivity index is 1.92. The number of halogens is 2. The largest absolute Gasteiger partial charge is 0.288 e. The number of ketones is 1. The molecule has 28 heavy (non-hydrogen) atoms. The lowest BCUT2D eigenvalue weighted by molar-refractivity contribution is 0.104. The molecular weight excluding hydrogens is 407 g/mol. The Hall–Kier alpha value is -2.00. The SMILES string of the molecule is Cc1cc(C)cc(/C=C(/SCc2ccc(Cl)cc2)C(=O)c2ccc(Cl)cc2)c1. The van der Waals surface area contributed by atoms with Crippen molar-refractivity contribution in [2.75, 3.05) is 0 Å². The van der Waals surface area contributed by atoms with Crippen molar-refractivity contribution in [1.29, 1.82) is 0 Å². The maximum absolute atomic E-state index is 13.2. The fourth-order valence-corrected chi connectivity index (χ4v) is 4.14. The average molecular weight is 427 g/mol. The summed E-state index contributed by atoms with van der Waals surface area (Å²) in [6.07, 6.45) is 1.97. The van der Waals surface area contributed by atoms with Crippen molar-refractivity contribution in [2.45, 2.75) is 19.6 Å². The van der Waals surface area contributed by atoms with Crippen LogP contribution in [-0.2, 0) is 5.75 Å². The highest BCUT2D eigenvalue weighted by molar-refractivity contribution is 8.03. The highest BCUT2D eigenvalue weighted by Gasteiger charge is 2.14. The minimum absolute atomic E-state index is 0.00482. The van der Waals surface area contributed by atoms with Gasteiger partial charge in [-0.05, 0) is 67.4 Å². The third kappa shape index (κ3) is 5.75. The Morgan fingerprint density at radius 1 is 0.857 bits per heavy atom. The molecule has 0 aliphatic heterocycles. The topological polar surface area (TPSA) is 17.1 Å². The Labute approximate surface area is 180 Å². The van der Waals surface area contributed by atoms with E-state index in [2.05, 4.69) is 32.0 Å². The van der Waals surface area contributed by atoms with Gasteiger partial charge in [-0.1, -0.05) is 64.7 Å². The normalized spacial score (nSPS) is 11.5. The average Bonchev–Trinajstić information content (AvgIpc) is 2.65. The van der Waals surface area contributed by atoms with Crippen molar-refractivity contribution < 1.29 is 4.79 Å². The van der Waals surface area contributed by atoms with Crippen molar-refractivity contribution in [3.63, 3.8) is 0 Å². The van der Waals surface area contributed by atoms with E-state index >= 15 is 0 Å². The van der Waals surface area contributed by atoms with Crippen LogP contribution in [0.2, 0.25) is 10.0 Å². The Morgan fingerprint density at radius 2 is 1.39 bits per heavy atom. The number of hydrogen-bond acceptors (Lipinski definition) is 2. The second kappa shape index (κ2) is 9.47. The highest BCUT2D eigenvalue weighted by atomic mass is 35.5. The minimum Gasteiger partial charge on any atom is -0.288 e. The summed E-state index contributed by atoms with van der Waals surface area (Å²) in [5.41, 5.74) is 5.12. The molecule has 3 rings (SSSR count). The molecule has 0 aromatic heterocycles. The molecule has 0 N–H and O–H groups in total. The maximum Gasteiger partial charge on any atom is 0.199 e. The van der Waals surface area contributed by atoms with E-state index < -0.39 is 0 Å². The van der Waals surface area contributed by atoms with Crippen LogP contribution in [0.3, 0.4) is 0 Å². The molecule has 0 spiro atoms. The van der Waals surface area contributed by atoms with Crippen LogP contribution < -0.4 is 0 Å². The van der Waals surface area contributed by atoms with E-state index in [0.29, 0.717) is 26.3 Å². The second-order valence-electron chi connectivity index (χ2n) is 6.68. The Kier molecular flexibility index (Phi) is 7.01. The van der Waals surface area contributed by atoms with Gasteiger partial charge in [-0.25, -0.2) is 0 Å². The van der Waals surface area contributed by atoms with Crippen LogP contribution in [0.4, 0.5) is 0 Å². The molecule has 0 unspecified atom stereocenters. The van der Waals surface area contributed by atoms with E-state index in [-0.39, 0.29) is 5.78 Å². The fraction of sp³-hybridized carbons (Fsp3) is 0.125. The number of benzene rings is 3. The summed E-state index contributed by atoms with van der Waals surface area (Å²) in [4.78, 5) is 13.8. The number of rotatable bonds is 6. The van der Waals surface area contributed by atoms with Crippen LogP contribution in [0.1, 0.15) is 32.6 Å². The van der Waals surface area contributed by atoms with Gasteiger partial charge >= 0.3 is 0 Å². The number of thioether (sulfide) groups is 1. The minimum atomic E-state index is -0.00482. The monoisotopic (exact) mass is 426 g/mol. The molecule has 0 heterocycles. The van der Waals surface area contributed by atoms with Gasteiger partial charge in [0.1, 0.15) is 0 Å². The first-order valence-electron chi connectivity index (χ1n) is 8.88. The van der Waals surface area contributed by atoms with Gasteiger partial charge in [0.2, 0.25) is 0 Å². The number of hydrogen-bond donors (Lipinski definition) is 0. The standard InChI is InChI=1S/C24H20Cl2OS/c1-16-11-17(2)13-19(12-16)14-23(24(27)20-5-9-22(26)10-6-20)28-15-18-3-7-21(25)8-4-18/h3-14H,15H2,1-2H3/b23-14+. The van der Waals surface area contributed by atoms with Crippen molar-refractivity contribution in [3.8, 4) is 0 Å². The molecule has 0 aliphatic carbocycles. The zero-order valence-electron chi connectivity index (χ0n) is 15.7. The molecule has 0 saturated heterocycles. The van der Waals surface area contributed by atoms with Crippen LogP contribution in [0.15, 0.2) is 71.6 Å². The molecule has 4 heteroatoms. The van der Waals surface area contributed by atoms with E-state index in [4.69, 9.17) is 23.2 Å². The van der Waals surface area contributed by atoms with Crippen LogP contribution in [-0.4, -0.2) is 5.78 Å². The summed E-state index contributed by atoms with van der Waals surface area (Å²) >= 11 is 13.5. The summed E-state index contributed by atoms with van der Waals surface area (Å²) in [7, 11) is 0. The molecule has 1 nitrogen and oxygen atoms in total. The first-order chi connectivity index (χ1) is 13.4. The van der Waals surface area contributed by atoms with E-state index in [9.17, 15) is 4.79 Å². The third-order valence-electron chi connectivity index (χ3n) is 4.18. The third-order valence-corrected chi connectivity index (χ3v) is 5.78. The molecule has 3 aromatic rings. The van der Waals surface area contributed by atoms with E-state index in [1.807, 2.05) is 30.3 Å². The number of carbonyl (C=O) groups is 1. The lowest BCUT2D eigenvalue weighted by Crippen LogP contribution is -2.01. The van der Waals surface area contributed by atoms with Gasteiger partial charge in [-0.15, -0.1) is 11.8 Å². The quantitative estimate of drug-likeness (QED) is 0.295. The van der Waals surface area contributed by atoms with Crippen LogP contribution >= 0.6 is 35.0 Å². The van der Waals surface area contributed by atoms with Gasteiger partial charge in [-0.3, -0.25) is 4.79 Å². The Morgan fingerprint density at radius 3 is 1.96 bits per heavy atom. The van der Waals surface area contributed by atoms with Crippen LogP contribution in [0, 0.1) is 13.8 Å². The van der Waals surface area contributed by atoms with Crippen molar-refractivity contribution in [1.82, 2.24) is 0 Å². The predicted octanol–water partition coefficient (Wildman–Crippen LogP) is 7.77. The van der Waals surface area contributed by atoms with Gasteiger partial charge in [0, 0.05) is 21.4 Å². The smallest absolute Gasteiger partial charge is 0.199 e.